The Balaban J connectivity index is 1.99. The van der Waals surface area contributed by atoms with Crippen LogP contribution in [0.15, 0.2) is 47.1 Å². The van der Waals surface area contributed by atoms with Crippen LogP contribution in [0.4, 0.5) is 5.82 Å². The monoisotopic (exact) mass is 304 g/mol. The van der Waals surface area contributed by atoms with Gasteiger partial charge < -0.3 is 5.32 Å². The maximum Gasteiger partial charge on any atom is 0.126 e. The summed E-state index contributed by atoms with van der Waals surface area (Å²) in [6.45, 7) is 4.24. The van der Waals surface area contributed by atoms with E-state index >= 15 is 0 Å². The summed E-state index contributed by atoms with van der Waals surface area (Å²) >= 11 is 3.46. The molecule has 2 rings (SSSR count). The molecule has 0 aliphatic rings. The normalized spacial score (nSPS) is 12.2. The molecule has 0 saturated carbocycles. The summed E-state index contributed by atoms with van der Waals surface area (Å²) in [7, 11) is 0. The number of hydrogen-bond acceptors (Lipinski definition) is 2. The maximum atomic E-state index is 4.36. The van der Waals surface area contributed by atoms with Crippen LogP contribution in [0.25, 0.3) is 0 Å². The fourth-order valence-electron chi connectivity index (χ4n) is 1.89. The second kappa shape index (κ2) is 6.01. The van der Waals surface area contributed by atoms with E-state index < -0.39 is 0 Å². The second-order valence-corrected chi connectivity index (χ2v) is 5.41. The lowest BCUT2D eigenvalue weighted by molar-refractivity contribution is 0.784. The van der Waals surface area contributed by atoms with Gasteiger partial charge in [-0.1, -0.05) is 30.3 Å². The fourth-order valence-corrected chi connectivity index (χ4v) is 2.11. The van der Waals surface area contributed by atoms with Gasteiger partial charge in [-0.2, -0.15) is 0 Å². The van der Waals surface area contributed by atoms with Gasteiger partial charge in [0.1, 0.15) is 5.82 Å². The lowest BCUT2D eigenvalue weighted by Gasteiger charge is -2.15. The predicted molar refractivity (Wildman–Crippen MR) is 79.9 cm³/mol. The first-order valence-electron chi connectivity index (χ1n) is 6.08. The van der Waals surface area contributed by atoms with Gasteiger partial charge in [-0.05, 0) is 53.4 Å². The van der Waals surface area contributed by atoms with Crippen LogP contribution in [-0.2, 0) is 6.42 Å². The van der Waals surface area contributed by atoms with E-state index in [0.29, 0.717) is 6.04 Å². The smallest absolute Gasteiger partial charge is 0.126 e. The lowest BCUT2D eigenvalue weighted by atomic mass is 10.1. The third kappa shape index (κ3) is 3.57. The van der Waals surface area contributed by atoms with Crippen molar-refractivity contribution in [2.45, 2.75) is 26.3 Å². The highest BCUT2D eigenvalue weighted by Crippen LogP contribution is 2.18. The minimum absolute atomic E-state index is 0.362. The van der Waals surface area contributed by atoms with E-state index in [1.807, 2.05) is 12.3 Å². The van der Waals surface area contributed by atoms with Crippen LogP contribution in [-0.4, -0.2) is 11.0 Å². The molecule has 1 N–H and O–H groups in total. The van der Waals surface area contributed by atoms with E-state index in [1.54, 1.807) is 0 Å². The molecule has 1 unspecified atom stereocenters. The minimum atomic E-state index is 0.362. The number of anilines is 1. The Kier molecular flexibility index (Phi) is 4.37. The molecule has 3 heteroatoms. The zero-order valence-corrected chi connectivity index (χ0v) is 12.2. The topological polar surface area (TPSA) is 24.9 Å². The molecule has 1 heterocycles. The van der Waals surface area contributed by atoms with Gasteiger partial charge in [0.25, 0.3) is 0 Å². The van der Waals surface area contributed by atoms with Crippen molar-refractivity contribution in [2.24, 2.45) is 0 Å². The molecule has 18 heavy (non-hydrogen) atoms. The van der Waals surface area contributed by atoms with Crippen LogP contribution in [0.5, 0.6) is 0 Å². The Hall–Kier alpha value is -1.35. The number of pyridine rings is 1. The van der Waals surface area contributed by atoms with Gasteiger partial charge in [0, 0.05) is 16.7 Å². The highest BCUT2D eigenvalue weighted by molar-refractivity contribution is 9.10. The molecular weight excluding hydrogens is 288 g/mol. The average molecular weight is 305 g/mol. The molecule has 94 valence electrons. The third-order valence-corrected chi connectivity index (χ3v) is 3.66. The molecule has 0 aliphatic heterocycles. The van der Waals surface area contributed by atoms with Gasteiger partial charge in [-0.25, -0.2) is 4.98 Å². The first-order valence-corrected chi connectivity index (χ1v) is 6.87. The van der Waals surface area contributed by atoms with Crippen LogP contribution in [0.1, 0.15) is 18.1 Å². The van der Waals surface area contributed by atoms with Crippen molar-refractivity contribution in [3.05, 3.63) is 58.2 Å². The predicted octanol–water partition coefficient (Wildman–Crippen LogP) is 4.20. The van der Waals surface area contributed by atoms with Crippen molar-refractivity contribution in [3.8, 4) is 0 Å². The van der Waals surface area contributed by atoms with Gasteiger partial charge in [0.2, 0.25) is 0 Å². The van der Waals surface area contributed by atoms with Gasteiger partial charge in [0.15, 0.2) is 0 Å². The minimum Gasteiger partial charge on any atom is -0.367 e. The summed E-state index contributed by atoms with van der Waals surface area (Å²) in [5.41, 5.74) is 2.53. The fraction of sp³-hybridized carbons (Fsp3) is 0.267. The van der Waals surface area contributed by atoms with Crippen molar-refractivity contribution < 1.29 is 0 Å². The summed E-state index contributed by atoms with van der Waals surface area (Å²) in [5.74, 6) is 0.930. The van der Waals surface area contributed by atoms with Crippen LogP contribution in [0.3, 0.4) is 0 Å². The van der Waals surface area contributed by atoms with Crippen molar-refractivity contribution in [3.63, 3.8) is 0 Å². The molecule has 2 nitrogen and oxygen atoms in total. The number of aromatic nitrogens is 1. The molecule has 0 amide bonds. The van der Waals surface area contributed by atoms with Crippen LogP contribution >= 0.6 is 15.9 Å². The number of halogens is 1. The first kappa shape index (κ1) is 13.1. The molecule has 0 bridgehead atoms. The Morgan fingerprint density at radius 2 is 2.00 bits per heavy atom. The summed E-state index contributed by atoms with van der Waals surface area (Å²) in [6, 6.07) is 12.9. The number of aryl methyl sites for hydroxylation is 1. The standard InChI is InChI=1S/C15H17BrN2/c1-11-8-15(17-10-14(11)16)18-12(2)9-13-6-4-3-5-7-13/h3-8,10,12H,9H2,1-2H3,(H,17,18). The molecule has 0 aliphatic carbocycles. The molecular formula is C15H17BrN2. The summed E-state index contributed by atoms with van der Waals surface area (Å²) in [6.07, 6.45) is 2.84. The average Bonchev–Trinajstić information content (AvgIpc) is 2.35. The van der Waals surface area contributed by atoms with Crippen LogP contribution < -0.4 is 5.32 Å². The van der Waals surface area contributed by atoms with Crippen molar-refractivity contribution in [1.82, 2.24) is 4.98 Å². The van der Waals surface area contributed by atoms with E-state index in [4.69, 9.17) is 0 Å². The number of benzene rings is 1. The summed E-state index contributed by atoms with van der Waals surface area (Å²) in [4.78, 5) is 4.36. The Morgan fingerprint density at radius 3 is 2.67 bits per heavy atom. The van der Waals surface area contributed by atoms with Crippen LogP contribution in [0.2, 0.25) is 0 Å². The first-order chi connectivity index (χ1) is 8.65. The highest BCUT2D eigenvalue weighted by atomic mass is 79.9. The van der Waals surface area contributed by atoms with Crippen LogP contribution in [0, 0.1) is 6.92 Å². The SMILES string of the molecule is Cc1cc(NC(C)Cc2ccccc2)ncc1Br. The van der Waals surface area contributed by atoms with Crippen molar-refractivity contribution in [1.29, 1.82) is 0 Å². The molecule has 1 atom stereocenters. The largest absolute Gasteiger partial charge is 0.367 e. The van der Waals surface area contributed by atoms with Gasteiger partial charge in [0.05, 0.1) is 0 Å². The Labute approximate surface area is 117 Å². The quantitative estimate of drug-likeness (QED) is 0.916. The van der Waals surface area contributed by atoms with Crippen molar-refractivity contribution in [2.75, 3.05) is 5.32 Å². The van der Waals surface area contributed by atoms with E-state index in [1.165, 1.54) is 11.1 Å². The number of rotatable bonds is 4. The number of nitrogens with one attached hydrogen (secondary N) is 1. The van der Waals surface area contributed by atoms with E-state index in [9.17, 15) is 0 Å². The molecule has 1 aromatic carbocycles. The third-order valence-electron chi connectivity index (χ3n) is 2.83. The lowest BCUT2D eigenvalue weighted by Crippen LogP contribution is -2.18. The van der Waals surface area contributed by atoms with E-state index in [0.717, 1.165) is 16.7 Å². The second-order valence-electron chi connectivity index (χ2n) is 4.55. The van der Waals surface area contributed by atoms with Crippen molar-refractivity contribution >= 4 is 21.7 Å². The molecule has 0 radical (unpaired) electrons. The zero-order chi connectivity index (χ0) is 13.0. The Morgan fingerprint density at radius 1 is 1.28 bits per heavy atom. The molecule has 1 aromatic heterocycles. The van der Waals surface area contributed by atoms with E-state index in [2.05, 4.69) is 70.4 Å². The molecule has 2 aromatic rings. The van der Waals surface area contributed by atoms with E-state index in [-0.39, 0.29) is 0 Å². The number of hydrogen-bond donors (Lipinski definition) is 1. The Bertz CT molecular complexity index is 511. The number of nitrogens with zero attached hydrogens (tertiary/aromatic N) is 1. The summed E-state index contributed by atoms with van der Waals surface area (Å²) in [5, 5.41) is 3.43. The highest BCUT2D eigenvalue weighted by Gasteiger charge is 2.05. The van der Waals surface area contributed by atoms with Gasteiger partial charge in [-0.3, -0.25) is 0 Å². The maximum absolute atomic E-state index is 4.36. The zero-order valence-electron chi connectivity index (χ0n) is 10.7. The van der Waals surface area contributed by atoms with Gasteiger partial charge in [-0.15, -0.1) is 0 Å². The van der Waals surface area contributed by atoms with Gasteiger partial charge >= 0.3 is 0 Å². The molecule has 0 saturated heterocycles. The molecule has 0 spiro atoms. The summed E-state index contributed by atoms with van der Waals surface area (Å²) < 4.78 is 1.05. The molecule has 0 fully saturated rings.